The van der Waals surface area contributed by atoms with Crippen LogP contribution in [0.2, 0.25) is 0 Å². The molecule has 0 amide bonds. The van der Waals surface area contributed by atoms with Crippen LogP contribution >= 0.6 is 11.8 Å². The minimum Gasteiger partial charge on any atom is -0.212 e. The van der Waals surface area contributed by atoms with Crippen molar-refractivity contribution in [2.75, 3.05) is 18.1 Å². The zero-order valence-electron chi connectivity index (χ0n) is 12.3. The Balaban J connectivity index is 2.11. The van der Waals surface area contributed by atoms with Crippen LogP contribution in [0.1, 0.15) is 32.3 Å². The van der Waals surface area contributed by atoms with Crippen molar-refractivity contribution in [1.82, 2.24) is 4.31 Å². The van der Waals surface area contributed by atoms with Gasteiger partial charge in [-0.2, -0.15) is 16.1 Å². The Morgan fingerprint density at radius 2 is 1.95 bits per heavy atom. The SMILES string of the molecule is C[C@H](CS(=O)(=O)N1CCS[C@H](C)[C@H]1C)c1ccccc1. The fraction of sp³-hybridized carbons (Fsp3) is 0.600. The summed E-state index contributed by atoms with van der Waals surface area (Å²) < 4.78 is 27.0. The van der Waals surface area contributed by atoms with E-state index < -0.39 is 10.0 Å². The normalized spacial score (nSPS) is 26.4. The Morgan fingerprint density at radius 3 is 2.60 bits per heavy atom. The lowest BCUT2D eigenvalue weighted by atomic mass is 10.0. The fourth-order valence-electron chi connectivity index (χ4n) is 2.59. The summed E-state index contributed by atoms with van der Waals surface area (Å²) >= 11 is 1.86. The van der Waals surface area contributed by atoms with E-state index in [2.05, 4.69) is 6.92 Å². The number of rotatable bonds is 4. The Bertz CT molecular complexity index is 530. The van der Waals surface area contributed by atoms with Crippen molar-refractivity contribution in [2.24, 2.45) is 0 Å². The molecule has 112 valence electrons. The molecule has 0 spiro atoms. The van der Waals surface area contributed by atoms with Crippen molar-refractivity contribution in [3.8, 4) is 0 Å². The van der Waals surface area contributed by atoms with Crippen molar-refractivity contribution in [3.63, 3.8) is 0 Å². The van der Waals surface area contributed by atoms with Gasteiger partial charge in [0, 0.05) is 23.6 Å². The molecule has 1 heterocycles. The Labute approximate surface area is 126 Å². The van der Waals surface area contributed by atoms with Crippen LogP contribution in [0.3, 0.4) is 0 Å². The highest BCUT2D eigenvalue weighted by Crippen LogP contribution is 2.28. The predicted octanol–water partition coefficient (Wildman–Crippen LogP) is 2.95. The highest BCUT2D eigenvalue weighted by atomic mass is 32.2. The third-order valence-corrected chi connectivity index (χ3v) is 7.50. The molecule has 3 atom stereocenters. The van der Waals surface area contributed by atoms with Gasteiger partial charge in [-0.05, 0) is 18.4 Å². The van der Waals surface area contributed by atoms with E-state index in [9.17, 15) is 8.42 Å². The molecule has 1 aliphatic rings. The van der Waals surface area contributed by atoms with E-state index in [1.807, 2.05) is 55.9 Å². The Morgan fingerprint density at radius 1 is 1.30 bits per heavy atom. The van der Waals surface area contributed by atoms with E-state index in [0.717, 1.165) is 11.3 Å². The van der Waals surface area contributed by atoms with Gasteiger partial charge < -0.3 is 0 Å². The number of thioether (sulfide) groups is 1. The molecule has 1 aromatic carbocycles. The lowest BCUT2D eigenvalue weighted by Gasteiger charge is -2.37. The number of benzene rings is 1. The third-order valence-electron chi connectivity index (χ3n) is 4.01. The van der Waals surface area contributed by atoms with Gasteiger partial charge in [0.05, 0.1) is 5.75 Å². The first-order valence-electron chi connectivity index (χ1n) is 7.08. The molecule has 1 aliphatic heterocycles. The van der Waals surface area contributed by atoms with Crippen LogP contribution in [0, 0.1) is 0 Å². The summed E-state index contributed by atoms with van der Waals surface area (Å²) in [7, 11) is -3.19. The highest BCUT2D eigenvalue weighted by Gasteiger charge is 2.34. The zero-order valence-corrected chi connectivity index (χ0v) is 14.0. The summed E-state index contributed by atoms with van der Waals surface area (Å²) in [5.74, 6) is 1.11. The van der Waals surface area contributed by atoms with Crippen LogP contribution in [0.4, 0.5) is 0 Å². The number of hydrogen-bond acceptors (Lipinski definition) is 3. The molecule has 0 radical (unpaired) electrons. The standard InChI is InChI=1S/C15H23NO2S2/c1-12(15-7-5-4-6-8-15)11-20(17,18)16-9-10-19-14(3)13(16)2/h4-8,12-14H,9-11H2,1-3H3/t12-,13-,14-/m1/s1. The Hall–Kier alpha value is -0.520. The maximum atomic E-state index is 12.6. The maximum absolute atomic E-state index is 12.6. The average Bonchev–Trinajstić information content (AvgIpc) is 2.42. The molecule has 5 heteroatoms. The minimum absolute atomic E-state index is 0.0262. The predicted molar refractivity (Wildman–Crippen MR) is 86.7 cm³/mol. The van der Waals surface area contributed by atoms with E-state index in [4.69, 9.17) is 0 Å². The monoisotopic (exact) mass is 313 g/mol. The number of hydrogen-bond donors (Lipinski definition) is 0. The van der Waals surface area contributed by atoms with Crippen molar-refractivity contribution >= 4 is 21.8 Å². The first-order valence-corrected chi connectivity index (χ1v) is 9.73. The van der Waals surface area contributed by atoms with Gasteiger partial charge in [-0.25, -0.2) is 8.42 Å². The van der Waals surface area contributed by atoms with Gasteiger partial charge in [0.2, 0.25) is 10.0 Å². The zero-order chi connectivity index (χ0) is 14.8. The van der Waals surface area contributed by atoms with Crippen LogP contribution in [0.5, 0.6) is 0 Å². The van der Waals surface area contributed by atoms with E-state index in [-0.39, 0.29) is 17.7 Å². The van der Waals surface area contributed by atoms with Gasteiger partial charge in [0.25, 0.3) is 0 Å². The van der Waals surface area contributed by atoms with Crippen molar-refractivity contribution < 1.29 is 8.42 Å². The third kappa shape index (κ3) is 3.57. The first kappa shape index (κ1) is 15.9. The molecule has 1 fully saturated rings. The van der Waals surface area contributed by atoms with Gasteiger partial charge in [-0.15, -0.1) is 0 Å². The quantitative estimate of drug-likeness (QED) is 0.857. The van der Waals surface area contributed by atoms with Crippen LogP contribution in [0.25, 0.3) is 0 Å². The summed E-state index contributed by atoms with van der Waals surface area (Å²) in [6, 6.07) is 9.95. The Kier molecular flexibility index (Phi) is 5.15. The topological polar surface area (TPSA) is 37.4 Å². The maximum Gasteiger partial charge on any atom is 0.214 e. The van der Waals surface area contributed by atoms with E-state index >= 15 is 0 Å². The van der Waals surface area contributed by atoms with Gasteiger partial charge in [0.1, 0.15) is 0 Å². The molecular formula is C15H23NO2S2. The molecule has 1 saturated heterocycles. The molecule has 2 rings (SSSR count). The second-order valence-corrected chi connectivity index (χ2v) is 8.97. The highest BCUT2D eigenvalue weighted by molar-refractivity contribution is 8.00. The van der Waals surface area contributed by atoms with Crippen LogP contribution < -0.4 is 0 Å². The smallest absolute Gasteiger partial charge is 0.212 e. The molecule has 3 nitrogen and oxygen atoms in total. The van der Waals surface area contributed by atoms with Gasteiger partial charge in [-0.3, -0.25) is 0 Å². The minimum atomic E-state index is -3.19. The van der Waals surface area contributed by atoms with Crippen LogP contribution in [0.15, 0.2) is 30.3 Å². The second kappa shape index (κ2) is 6.50. The van der Waals surface area contributed by atoms with E-state index in [1.165, 1.54) is 0 Å². The molecule has 0 unspecified atom stereocenters. The largest absolute Gasteiger partial charge is 0.214 e. The summed E-state index contributed by atoms with van der Waals surface area (Å²) in [5.41, 5.74) is 1.09. The van der Waals surface area contributed by atoms with Crippen molar-refractivity contribution in [3.05, 3.63) is 35.9 Å². The summed E-state index contributed by atoms with van der Waals surface area (Å²) in [4.78, 5) is 0. The van der Waals surface area contributed by atoms with Crippen LogP contribution in [-0.4, -0.2) is 42.1 Å². The molecule has 0 aliphatic carbocycles. The van der Waals surface area contributed by atoms with Crippen molar-refractivity contribution in [1.29, 1.82) is 0 Å². The summed E-state index contributed by atoms with van der Waals surface area (Å²) in [5, 5.41) is 0.366. The van der Waals surface area contributed by atoms with Gasteiger partial charge >= 0.3 is 0 Å². The van der Waals surface area contributed by atoms with Gasteiger partial charge in [0.15, 0.2) is 0 Å². The molecule has 1 aromatic rings. The lowest BCUT2D eigenvalue weighted by Crippen LogP contribution is -2.49. The van der Waals surface area contributed by atoms with Crippen molar-refractivity contribution in [2.45, 2.75) is 38.0 Å². The molecule has 20 heavy (non-hydrogen) atoms. The number of sulfonamides is 1. The summed E-state index contributed by atoms with van der Waals surface area (Å²) in [6.45, 7) is 6.75. The molecule has 0 aromatic heterocycles. The first-order chi connectivity index (χ1) is 9.42. The fourth-order valence-corrected chi connectivity index (χ4v) is 5.95. The molecule has 0 bridgehead atoms. The number of nitrogens with zero attached hydrogens (tertiary/aromatic N) is 1. The van der Waals surface area contributed by atoms with E-state index in [0.29, 0.717) is 11.8 Å². The average molecular weight is 313 g/mol. The van der Waals surface area contributed by atoms with E-state index in [1.54, 1.807) is 4.31 Å². The molecule has 0 saturated carbocycles. The molecular weight excluding hydrogens is 290 g/mol. The lowest BCUT2D eigenvalue weighted by molar-refractivity contribution is 0.339. The molecule has 0 N–H and O–H groups in total. The second-order valence-electron chi connectivity index (χ2n) is 5.52. The van der Waals surface area contributed by atoms with Gasteiger partial charge in [-0.1, -0.05) is 44.2 Å². The summed E-state index contributed by atoms with van der Waals surface area (Å²) in [6.07, 6.45) is 0. The van der Waals surface area contributed by atoms with Crippen LogP contribution in [-0.2, 0) is 10.0 Å².